The Kier molecular flexibility index (Phi) is 4.56. The molecule has 1 saturated heterocycles. The van der Waals surface area contributed by atoms with Crippen molar-refractivity contribution in [2.24, 2.45) is 5.41 Å². The van der Waals surface area contributed by atoms with Crippen LogP contribution in [0.1, 0.15) is 33.6 Å². The molecule has 1 rings (SSSR count). The van der Waals surface area contributed by atoms with E-state index in [1.54, 1.807) is 0 Å². The number of aliphatic hydroxyl groups excluding tert-OH is 1. The minimum Gasteiger partial charge on any atom is -0.393 e. The van der Waals surface area contributed by atoms with Crippen molar-refractivity contribution in [1.29, 1.82) is 0 Å². The fourth-order valence-electron chi connectivity index (χ4n) is 2.03. The fraction of sp³-hybridized carbons (Fsp3) is 1.00. The average molecular weight is 215 g/mol. The van der Waals surface area contributed by atoms with Gasteiger partial charge in [0.2, 0.25) is 0 Å². The predicted octanol–water partition coefficient (Wildman–Crippen LogP) is 1.50. The molecule has 0 saturated carbocycles. The van der Waals surface area contributed by atoms with Crippen molar-refractivity contribution in [3.63, 3.8) is 0 Å². The zero-order valence-electron chi connectivity index (χ0n) is 10.5. The van der Waals surface area contributed by atoms with Gasteiger partial charge in [0.25, 0.3) is 0 Å². The van der Waals surface area contributed by atoms with Gasteiger partial charge in [0.1, 0.15) is 0 Å². The normalized spacial score (nSPS) is 24.8. The molecule has 1 fully saturated rings. The van der Waals surface area contributed by atoms with Crippen LogP contribution in [0.3, 0.4) is 0 Å². The van der Waals surface area contributed by atoms with E-state index in [0.29, 0.717) is 6.10 Å². The van der Waals surface area contributed by atoms with E-state index in [9.17, 15) is 5.11 Å². The van der Waals surface area contributed by atoms with E-state index in [-0.39, 0.29) is 11.5 Å². The van der Waals surface area contributed by atoms with Crippen molar-refractivity contribution in [1.82, 2.24) is 4.90 Å². The maximum Gasteiger partial charge on any atom is 0.0702 e. The van der Waals surface area contributed by atoms with E-state index in [1.807, 2.05) is 6.92 Å². The molecule has 0 aromatic heterocycles. The van der Waals surface area contributed by atoms with Crippen molar-refractivity contribution in [3.8, 4) is 0 Å². The summed E-state index contributed by atoms with van der Waals surface area (Å²) in [5, 5.41) is 9.63. The molecular weight excluding hydrogens is 190 g/mol. The molecular formula is C12H25NO2. The highest BCUT2D eigenvalue weighted by molar-refractivity contribution is 4.79. The Hall–Kier alpha value is -0.120. The molecule has 0 bridgehead atoms. The van der Waals surface area contributed by atoms with E-state index in [2.05, 4.69) is 25.8 Å². The highest BCUT2D eigenvalue weighted by Crippen LogP contribution is 2.22. The summed E-state index contributed by atoms with van der Waals surface area (Å²) in [5.41, 5.74) is -0.0483. The Morgan fingerprint density at radius 2 is 2.20 bits per heavy atom. The summed E-state index contributed by atoms with van der Waals surface area (Å²) in [6, 6.07) is 0. The Bertz CT molecular complexity index is 186. The minimum absolute atomic E-state index is 0.0483. The first-order valence-corrected chi connectivity index (χ1v) is 5.90. The first-order chi connectivity index (χ1) is 6.92. The van der Waals surface area contributed by atoms with Crippen LogP contribution in [-0.4, -0.2) is 49.0 Å². The average Bonchev–Trinajstić information content (AvgIpc) is 2.54. The highest BCUT2D eigenvalue weighted by Gasteiger charge is 2.27. The lowest BCUT2D eigenvalue weighted by Gasteiger charge is -2.33. The second kappa shape index (κ2) is 5.28. The molecule has 0 spiro atoms. The van der Waals surface area contributed by atoms with E-state index in [1.165, 1.54) is 12.8 Å². The quantitative estimate of drug-likeness (QED) is 0.754. The van der Waals surface area contributed by atoms with Gasteiger partial charge in [-0.05, 0) is 26.8 Å². The maximum atomic E-state index is 9.63. The second-order valence-electron chi connectivity index (χ2n) is 5.50. The zero-order chi connectivity index (χ0) is 11.5. The molecule has 2 atom stereocenters. The smallest absolute Gasteiger partial charge is 0.0702 e. The summed E-state index contributed by atoms with van der Waals surface area (Å²) in [7, 11) is 2.10. The molecule has 1 heterocycles. The summed E-state index contributed by atoms with van der Waals surface area (Å²) in [6.45, 7) is 8.87. The minimum atomic E-state index is -0.274. The van der Waals surface area contributed by atoms with Crippen LogP contribution in [-0.2, 0) is 4.74 Å². The largest absolute Gasteiger partial charge is 0.393 e. The highest BCUT2D eigenvalue weighted by atomic mass is 16.5. The van der Waals surface area contributed by atoms with Gasteiger partial charge in [-0.1, -0.05) is 13.8 Å². The molecule has 3 nitrogen and oxygen atoms in total. The van der Waals surface area contributed by atoms with Crippen molar-refractivity contribution < 1.29 is 9.84 Å². The van der Waals surface area contributed by atoms with Gasteiger partial charge in [0, 0.05) is 25.1 Å². The summed E-state index contributed by atoms with van der Waals surface area (Å²) in [6.07, 6.45) is 2.50. The van der Waals surface area contributed by atoms with Gasteiger partial charge in [-0.2, -0.15) is 0 Å². The number of rotatable bonds is 5. The lowest BCUT2D eigenvalue weighted by molar-refractivity contribution is 0.0221. The van der Waals surface area contributed by atoms with Gasteiger partial charge < -0.3 is 14.7 Å². The fourth-order valence-corrected chi connectivity index (χ4v) is 2.03. The molecule has 0 amide bonds. The van der Waals surface area contributed by atoms with Crippen LogP contribution in [0.5, 0.6) is 0 Å². The van der Waals surface area contributed by atoms with Gasteiger partial charge in [-0.25, -0.2) is 0 Å². The molecule has 1 aliphatic heterocycles. The molecule has 90 valence electrons. The summed E-state index contributed by atoms with van der Waals surface area (Å²) in [4.78, 5) is 2.27. The van der Waals surface area contributed by atoms with Crippen molar-refractivity contribution >= 4 is 0 Å². The van der Waals surface area contributed by atoms with Gasteiger partial charge in [0.15, 0.2) is 0 Å². The third-order valence-corrected chi connectivity index (χ3v) is 3.35. The van der Waals surface area contributed by atoms with Gasteiger partial charge in [0.05, 0.1) is 12.2 Å². The van der Waals surface area contributed by atoms with E-state index < -0.39 is 0 Å². The SMILES string of the molecule is CC(O)C(C)(C)CN(C)CC1CCCO1. The Labute approximate surface area is 93.4 Å². The Morgan fingerprint density at radius 1 is 1.53 bits per heavy atom. The molecule has 1 N–H and O–H groups in total. The number of nitrogens with zero attached hydrogens (tertiary/aromatic N) is 1. The number of ether oxygens (including phenoxy) is 1. The van der Waals surface area contributed by atoms with Gasteiger partial charge >= 0.3 is 0 Å². The monoisotopic (exact) mass is 215 g/mol. The number of aliphatic hydroxyl groups is 1. The summed E-state index contributed by atoms with van der Waals surface area (Å²) in [5.74, 6) is 0. The van der Waals surface area contributed by atoms with Gasteiger partial charge in [-0.15, -0.1) is 0 Å². The molecule has 1 aliphatic rings. The molecule has 0 radical (unpaired) electrons. The third-order valence-electron chi connectivity index (χ3n) is 3.35. The summed E-state index contributed by atoms with van der Waals surface area (Å²) < 4.78 is 5.59. The van der Waals surface area contributed by atoms with Crippen LogP contribution in [0.15, 0.2) is 0 Å². The Balaban J connectivity index is 2.31. The van der Waals surface area contributed by atoms with Crippen LogP contribution in [0.25, 0.3) is 0 Å². The van der Waals surface area contributed by atoms with Gasteiger partial charge in [-0.3, -0.25) is 0 Å². The first-order valence-electron chi connectivity index (χ1n) is 5.90. The van der Waals surface area contributed by atoms with Crippen molar-refractivity contribution in [3.05, 3.63) is 0 Å². The third kappa shape index (κ3) is 4.09. The van der Waals surface area contributed by atoms with Crippen LogP contribution in [0.4, 0.5) is 0 Å². The standard InChI is InChI=1S/C12H25NO2/c1-10(14)12(2,3)9-13(4)8-11-6-5-7-15-11/h10-11,14H,5-9H2,1-4H3. The van der Waals surface area contributed by atoms with Crippen molar-refractivity contribution in [2.75, 3.05) is 26.7 Å². The van der Waals surface area contributed by atoms with E-state index >= 15 is 0 Å². The molecule has 0 aliphatic carbocycles. The van der Waals surface area contributed by atoms with Crippen LogP contribution < -0.4 is 0 Å². The predicted molar refractivity (Wildman–Crippen MR) is 61.9 cm³/mol. The topological polar surface area (TPSA) is 32.7 Å². The molecule has 2 unspecified atom stereocenters. The van der Waals surface area contributed by atoms with Crippen LogP contribution in [0, 0.1) is 5.41 Å². The maximum absolute atomic E-state index is 9.63. The Morgan fingerprint density at radius 3 is 2.67 bits per heavy atom. The van der Waals surface area contributed by atoms with E-state index in [4.69, 9.17) is 4.74 Å². The number of likely N-dealkylation sites (N-methyl/N-ethyl adjacent to an activating group) is 1. The lowest BCUT2D eigenvalue weighted by atomic mass is 9.87. The van der Waals surface area contributed by atoms with Crippen molar-refractivity contribution in [2.45, 2.75) is 45.8 Å². The zero-order valence-corrected chi connectivity index (χ0v) is 10.5. The first kappa shape index (κ1) is 12.9. The lowest BCUT2D eigenvalue weighted by Crippen LogP contribution is -2.41. The summed E-state index contributed by atoms with van der Waals surface area (Å²) >= 11 is 0. The molecule has 15 heavy (non-hydrogen) atoms. The van der Waals surface area contributed by atoms with Crippen LogP contribution >= 0.6 is 0 Å². The van der Waals surface area contributed by atoms with E-state index in [0.717, 1.165) is 19.7 Å². The molecule has 0 aromatic rings. The molecule has 0 aromatic carbocycles. The number of hydrogen-bond donors (Lipinski definition) is 1. The molecule has 3 heteroatoms. The van der Waals surface area contributed by atoms with Crippen LogP contribution in [0.2, 0.25) is 0 Å². The number of hydrogen-bond acceptors (Lipinski definition) is 3. The second-order valence-corrected chi connectivity index (χ2v) is 5.50.